The summed E-state index contributed by atoms with van der Waals surface area (Å²) in [4.78, 5) is 4.18. The molecule has 2 heterocycles. The third-order valence-electron chi connectivity index (χ3n) is 3.77. The van der Waals surface area contributed by atoms with E-state index in [1.165, 1.54) is 12.3 Å². The number of anilines is 1. The number of hydrogen-bond acceptors (Lipinski definition) is 4. The second-order valence-corrected chi connectivity index (χ2v) is 7.63. The molecule has 0 unspecified atom stereocenters. The first kappa shape index (κ1) is 15.0. The molecule has 2 aromatic rings. The number of hydrogen-bond donors (Lipinski definition) is 1. The van der Waals surface area contributed by atoms with Crippen LogP contribution in [0.15, 0.2) is 35.6 Å². The van der Waals surface area contributed by atoms with Gasteiger partial charge in [0, 0.05) is 12.7 Å². The SMILES string of the molecule is CC(C)c1cccnc1NS(=O)(=O)c1ccnn1CC1CC1. The summed E-state index contributed by atoms with van der Waals surface area (Å²) in [7, 11) is -3.69. The minimum atomic E-state index is -3.69. The summed E-state index contributed by atoms with van der Waals surface area (Å²) < 4.78 is 29.5. The lowest BCUT2D eigenvalue weighted by atomic mass is 10.1. The monoisotopic (exact) mass is 320 g/mol. The average Bonchev–Trinajstić information content (AvgIpc) is 3.13. The van der Waals surface area contributed by atoms with E-state index in [1.807, 2.05) is 26.0 Å². The summed E-state index contributed by atoms with van der Waals surface area (Å²) in [5.41, 5.74) is 0.874. The first-order valence-corrected chi connectivity index (χ1v) is 8.95. The lowest BCUT2D eigenvalue weighted by Crippen LogP contribution is -2.20. The fourth-order valence-corrected chi connectivity index (χ4v) is 3.55. The van der Waals surface area contributed by atoms with Crippen molar-refractivity contribution in [3.63, 3.8) is 0 Å². The molecule has 1 aliphatic carbocycles. The van der Waals surface area contributed by atoms with E-state index in [4.69, 9.17) is 0 Å². The van der Waals surface area contributed by atoms with E-state index >= 15 is 0 Å². The minimum Gasteiger partial charge on any atom is -0.262 e. The van der Waals surface area contributed by atoms with Crippen LogP contribution in [0.1, 0.15) is 38.2 Å². The molecule has 1 N–H and O–H groups in total. The van der Waals surface area contributed by atoms with Gasteiger partial charge < -0.3 is 0 Å². The first-order chi connectivity index (χ1) is 10.5. The highest BCUT2D eigenvalue weighted by Gasteiger charge is 2.27. The van der Waals surface area contributed by atoms with Gasteiger partial charge in [-0.05, 0) is 42.4 Å². The maximum atomic E-state index is 12.6. The number of sulfonamides is 1. The summed E-state index contributed by atoms with van der Waals surface area (Å²) in [6.45, 7) is 4.67. The van der Waals surface area contributed by atoms with Crippen molar-refractivity contribution in [3.8, 4) is 0 Å². The molecule has 1 fully saturated rings. The van der Waals surface area contributed by atoms with Crippen LogP contribution in [0.4, 0.5) is 5.82 Å². The van der Waals surface area contributed by atoms with E-state index in [0.29, 0.717) is 18.3 Å². The van der Waals surface area contributed by atoms with E-state index < -0.39 is 10.0 Å². The van der Waals surface area contributed by atoms with E-state index in [2.05, 4.69) is 14.8 Å². The van der Waals surface area contributed by atoms with Crippen LogP contribution in [-0.2, 0) is 16.6 Å². The van der Waals surface area contributed by atoms with Gasteiger partial charge in [0.15, 0.2) is 5.03 Å². The van der Waals surface area contributed by atoms with Crippen molar-refractivity contribution in [1.29, 1.82) is 0 Å². The largest absolute Gasteiger partial charge is 0.280 e. The Bertz CT molecular complexity index is 763. The van der Waals surface area contributed by atoms with Gasteiger partial charge in [-0.1, -0.05) is 19.9 Å². The molecular weight excluding hydrogens is 300 g/mol. The van der Waals surface area contributed by atoms with Crippen molar-refractivity contribution >= 4 is 15.8 Å². The molecule has 3 rings (SSSR count). The van der Waals surface area contributed by atoms with Crippen molar-refractivity contribution in [1.82, 2.24) is 14.8 Å². The Kier molecular flexibility index (Phi) is 3.90. The molecular formula is C15H20N4O2S. The predicted octanol–water partition coefficient (Wildman–Crippen LogP) is 2.61. The van der Waals surface area contributed by atoms with Crippen LogP contribution in [0.3, 0.4) is 0 Å². The highest BCUT2D eigenvalue weighted by molar-refractivity contribution is 7.92. The quantitative estimate of drug-likeness (QED) is 0.887. The third-order valence-corrected chi connectivity index (χ3v) is 5.13. The van der Waals surface area contributed by atoms with Gasteiger partial charge in [-0.25, -0.2) is 4.98 Å². The molecule has 0 amide bonds. The van der Waals surface area contributed by atoms with Crippen molar-refractivity contribution < 1.29 is 8.42 Å². The van der Waals surface area contributed by atoms with Gasteiger partial charge in [0.05, 0.1) is 6.20 Å². The highest BCUT2D eigenvalue weighted by Crippen LogP contribution is 2.31. The Morgan fingerprint density at radius 1 is 1.32 bits per heavy atom. The van der Waals surface area contributed by atoms with Crippen LogP contribution < -0.4 is 4.72 Å². The summed E-state index contributed by atoms with van der Waals surface area (Å²) in [5.74, 6) is 1.12. The van der Waals surface area contributed by atoms with Gasteiger partial charge in [0.1, 0.15) is 5.82 Å². The Morgan fingerprint density at radius 3 is 2.77 bits per heavy atom. The number of aromatic nitrogens is 3. The van der Waals surface area contributed by atoms with Gasteiger partial charge in [-0.15, -0.1) is 0 Å². The highest BCUT2D eigenvalue weighted by atomic mass is 32.2. The molecule has 0 saturated heterocycles. The van der Waals surface area contributed by atoms with Gasteiger partial charge in [-0.2, -0.15) is 13.5 Å². The standard InChI is InChI=1S/C15H20N4O2S/c1-11(2)13-4-3-8-16-15(13)18-22(20,21)14-7-9-17-19(14)10-12-5-6-12/h3-4,7-9,11-12H,5-6,10H2,1-2H3,(H,16,18). The van der Waals surface area contributed by atoms with Crippen LogP contribution in [0.2, 0.25) is 0 Å². The van der Waals surface area contributed by atoms with Crippen molar-refractivity contribution in [2.24, 2.45) is 5.92 Å². The second-order valence-electron chi connectivity index (χ2n) is 6.00. The summed E-state index contributed by atoms with van der Waals surface area (Å²) in [6, 6.07) is 5.23. The molecule has 6 nitrogen and oxygen atoms in total. The number of rotatable bonds is 6. The first-order valence-electron chi connectivity index (χ1n) is 7.47. The van der Waals surface area contributed by atoms with Crippen molar-refractivity contribution in [2.75, 3.05) is 4.72 Å². The molecule has 22 heavy (non-hydrogen) atoms. The normalized spacial score (nSPS) is 15.2. The molecule has 0 aromatic carbocycles. The molecule has 118 valence electrons. The molecule has 0 aliphatic heterocycles. The van der Waals surface area contributed by atoms with Crippen molar-refractivity contribution in [3.05, 3.63) is 36.2 Å². The summed E-state index contributed by atoms with van der Waals surface area (Å²) in [6.07, 6.45) is 5.40. The maximum Gasteiger partial charge on any atom is 0.280 e. The Balaban J connectivity index is 1.89. The smallest absolute Gasteiger partial charge is 0.262 e. The lowest BCUT2D eigenvalue weighted by molar-refractivity contribution is 0.508. The third kappa shape index (κ3) is 3.14. The van der Waals surface area contributed by atoms with Gasteiger partial charge in [0.25, 0.3) is 10.0 Å². The zero-order chi connectivity index (χ0) is 15.7. The topological polar surface area (TPSA) is 76.9 Å². The van der Waals surface area contributed by atoms with Crippen LogP contribution >= 0.6 is 0 Å². The Labute approximate surface area is 130 Å². The lowest BCUT2D eigenvalue weighted by Gasteiger charge is -2.14. The second kappa shape index (κ2) is 5.72. The Morgan fingerprint density at radius 2 is 2.09 bits per heavy atom. The van der Waals surface area contributed by atoms with Crippen LogP contribution in [0.25, 0.3) is 0 Å². The van der Waals surface area contributed by atoms with Crippen LogP contribution in [0, 0.1) is 5.92 Å². The molecule has 0 radical (unpaired) electrons. The van der Waals surface area contributed by atoms with E-state index in [0.717, 1.165) is 18.4 Å². The molecule has 1 aliphatic rings. The zero-order valence-electron chi connectivity index (χ0n) is 12.7. The molecule has 0 spiro atoms. The molecule has 0 atom stereocenters. The fraction of sp³-hybridized carbons (Fsp3) is 0.467. The zero-order valence-corrected chi connectivity index (χ0v) is 13.5. The van der Waals surface area contributed by atoms with Crippen LogP contribution in [0.5, 0.6) is 0 Å². The van der Waals surface area contributed by atoms with E-state index in [-0.39, 0.29) is 10.9 Å². The van der Waals surface area contributed by atoms with Gasteiger partial charge >= 0.3 is 0 Å². The summed E-state index contributed by atoms with van der Waals surface area (Å²) in [5, 5.41) is 4.33. The van der Waals surface area contributed by atoms with Gasteiger partial charge in [0.2, 0.25) is 0 Å². The molecule has 2 aromatic heterocycles. The predicted molar refractivity (Wildman–Crippen MR) is 84.1 cm³/mol. The minimum absolute atomic E-state index is 0.183. The fourth-order valence-electron chi connectivity index (χ4n) is 2.38. The molecule has 7 heteroatoms. The Hall–Kier alpha value is -1.89. The number of nitrogens with zero attached hydrogens (tertiary/aromatic N) is 3. The number of pyridine rings is 1. The molecule has 1 saturated carbocycles. The van der Waals surface area contributed by atoms with Gasteiger partial charge in [-0.3, -0.25) is 9.40 Å². The molecule has 0 bridgehead atoms. The van der Waals surface area contributed by atoms with E-state index in [1.54, 1.807) is 10.9 Å². The van der Waals surface area contributed by atoms with E-state index in [9.17, 15) is 8.42 Å². The average molecular weight is 320 g/mol. The maximum absolute atomic E-state index is 12.6. The van der Waals surface area contributed by atoms with Crippen molar-refractivity contribution in [2.45, 2.75) is 44.2 Å². The van der Waals surface area contributed by atoms with Crippen LogP contribution in [-0.4, -0.2) is 23.2 Å². The number of nitrogens with one attached hydrogen (secondary N) is 1. The summed E-state index contributed by atoms with van der Waals surface area (Å²) >= 11 is 0.